The SMILES string of the molecule is O=C(NCN1CCN(c2ccccc2F)CC1)c1ccccc1Cl. The summed E-state index contributed by atoms with van der Waals surface area (Å²) >= 11 is 6.03. The first-order valence-corrected chi connectivity index (χ1v) is 8.27. The number of halogens is 2. The summed E-state index contributed by atoms with van der Waals surface area (Å²) in [4.78, 5) is 16.3. The number of piperazine rings is 1. The molecule has 0 unspecified atom stereocenters. The number of hydrogen-bond donors (Lipinski definition) is 1. The average molecular weight is 348 g/mol. The molecule has 2 aromatic rings. The van der Waals surface area contributed by atoms with Crippen LogP contribution in [0.15, 0.2) is 48.5 Å². The van der Waals surface area contributed by atoms with Gasteiger partial charge in [-0.15, -0.1) is 0 Å². The van der Waals surface area contributed by atoms with Crippen molar-refractivity contribution in [3.8, 4) is 0 Å². The van der Waals surface area contributed by atoms with Crippen LogP contribution in [0.3, 0.4) is 0 Å². The second-order valence-electron chi connectivity index (χ2n) is 5.70. The van der Waals surface area contributed by atoms with E-state index in [4.69, 9.17) is 11.6 Å². The van der Waals surface area contributed by atoms with Gasteiger partial charge in [0.25, 0.3) is 5.91 Å². The van der Waals surface area contributed by atoms with E-state index < -0.39 is 0 Å². The maximum Gasteiger partial charge on any atom is 0.253 e. The van der Waals surface area contributed by atoms with E-state index in [-0.39, 0.29) is 11.7 Å². The van der Waals surface area contributed by atoms with Crippen molar-refractivity contribution in [3.05, 3.63) is 64.9 Å². The van der Waals surface area contributed by atoms with Crippen LogP contribution in [-0.2, 0) is 0 Å². The van der Waals surface area contributed by atoms with Gasteiger partial charge in [0, 0.05) is 26.2 Å². The largest absolute Gasteiger partial charge is 0.367 e. The Kier molecular flexibility index (Phi) is 5.33. The second kappa shape index (κ2) is 7.64. The van der Waals surface area contributed by atoms with E-state index in [0.29, 0.717) is 22.9 Å². The van der Waals surface area contributed by atoms with Gasteiger partial charge in [-0.25, -0.2) is 4.39 Å². The molecule has 0 bridgehead atoms. The smallest absolute Gasteiger partial charge is 0.253 e. The van der Waals surface area contributed by atoms with E-state index in [1.165, 1.54) is 6.07 Å². The fourth-order valence-corrected chi connectivity index (χ4v) is 3.00. The fourth-order valence-electron chi connectivity index (χ4n) is 2.78. The van der Waals surface area contributed by atoms with Gasteiger partial charge in [-0.3, -0.25) is 9.69 Å². The number of rotatable bonds is 4. The maximum atomic E-state index is 13.8. The summed E-state index contributed by atoms with van der Waals surface area (Å²) in [6, 6.07) is 13.8. The van der Waals surface area contributed by atoms with Gasteiger partial charge >= 0.3 is 0 Å². The highest BCUT2D eigenvalue weighted by Gasteiger charge is 2.19. The van der Waals surface area contributed by atoms with Crippen LogP contribution in [0.25, 0.3) is 0 Å². The summed E-state index contributed by atoms with van der Waals surface area (Å²) in [5.74, 6) is -0.380. The first-order valence-electron chi connectivity index (χ1n) is 7.90. The third-order valence-electron chi connectivity index (χ3n) is 4.15. The number of nitrogens with one attached hydrogen (secondary N) is 1. The first-order chi connectivity index (χ1) is 11.6. The van der Waals surface area contributed by atoms with Crippen molar-refractivity contribution in [2.45, 2.75) is 0 Å². The average Bonchev–Trinajstić information content (AvgIpc) is 2.61. The predicted octanol–water partition coefficient (Wildman–Crippen LogP) is 2.99. The van der Waals surface area contributed by atoms with E-state index in [2.05, 4.69) is 10.2 Å². The Labute approximate surface area is 145 Å². The van der Waals surface area contributed by atoms with Crippen molar-refractivity contribution >= 4 is 23.2 Å². The van der Waals surface area contributed by atoms with Gasteiger partial charge in [-0.2, -0.15) is 0 Å². The number of nitrogens with zero attached hydrogens (tertiary/aromatic N) is 2. The summed E-state index contributed by atoms with van der Waals surface area (Å²) in [6.45, 7) is 3.43. The van der Waals surface area contributed by atoms with E-state index in [1.54, 1.807) is 36.4 Å². The highest BCUT2D eigenvalue weighted by atomic mass is 35.5. The summed E-state index contributed by atoms with van der Waals surface area (Å²) in [5, 5.41) is 3.33. The molecule has 0 atom stereocenters. The molecule has 2 aromatic carbocycles. The van der Waals surface area contributed by atoms with Crippen LogP contribution < -0.4 is 10.2 Å². The molecule has 1 amide bonds. The minimum atomic E-state index is -0.196. The number of anilines is 1. The maximum absolute atomic E-state index is 13.8. The molecule has 1 saturated heterocycles. The molecule has 126 valence electrons. The van der Waals surface area contributed by atoms with Crippen LogP contribution in [0, 0.1) is 5.82 Å². The van der Waals surface area contributed by atoms with E-state index in [9.17, 15) is 9.18 Å². The van der Waals surface area contributed by atoms with Crippen LogP contribution in [0.5, 0.6) is 0 Å². The molecule has 3 rings (SSSR count). The Morgan fingerprint density at radius 2 is 1.71 bits per heavy atom. The highest BCUT2D eigenvalue weighted by Crippen LogP contribution is 2.20. The lowest BCUT2D eigenvalue weighted by Crippen LogP contribution is -2.50. The zero-order valence-electron chi connectivity index (χ0n) is 13.2. The van der Waals surface area contributed by atoms with E-state index in [1.807, 2.05) is 11.0 Å². The molecule has 4 nitrogen and oxygen atoms in total. The lowest BCUT2D eigenvalue weighted by molar-refractivity contribution is 0.0920. The fraction of sp³-hybridized carbons (Fsp3) is 0.278. The predicted molar refractivity (Wildman–Crippen MR) is 94.0 cm³/mol. The summed E-state index contributed by atoms with van der Waals surface area (Å²) < 4.78 is 13.8. The number of amides is 1. The van der Waals surface area contributed by atoms with Gasteiger partial charge in [0.1, 0.15) is 5.82 Å². The van der Waals surface area contributed by atoms with Gasteiger partial charge in [0.05, 0.1) is 22.9 Å². The van der Waals surface area contributed by atoms with E-state index >= 15 is 0 Å². The van der Waals surface area contributed by atoms with Gasteiger partial charge in [-0.1, -0.05) is 35.9 Å². The summed E-state index contributed by atoms with van der Waals surface area (Å²) in [5.41, 5.74) is 1.11. The van der Waals surface area contributed by atoms with Crippen LogP contribution in [-0.4, -0.2) is 43.7 Å². The molecule has 24 heavy (non-hydrogen) atoms. The Balaban J connectivity index is 1.50. The van der Waals surface area contributed by atoms with Crippen LogP contribution >= 0.6 is 11.6 Å². The topological polar surface area (TPSA) is 35.6 Å². The third kappa shape index (κ3) is 3.86. The van der Waals surface area contributed by atoms with Crippen LogP contribution in [0.2, 0.25) is 5.02 Å². The molecule has 0 saturated carbocycles. The Hall–Kier alpha value is -2.11. The van der Waals surface area contributed by atoms with E-state index in [0.717, 1.165) is 26.2 Å². The monoisotopic (exact) mass is 347 g/mol. The number of para-hydroxylation sites is 1. The molecular formula is C18H19ClFN3O. The standard InChI is InChI=1S/C18H19ClFN3O/c19-15-6-2-1-5-14(15)18(24)21-13-22-9-11-23(12-10-22)17-8-4-3-7-16(17)20/h1-8H,9-13H2,(H,21,24). The third-order valence-corrected chi connectivity index (χ3v) is 4.48. The molecule has 1 aliphatic rings. The quantitative estimate of drug-likeness (QED) is 0.923. The molecular weight excluding hydrogens is 329 g/mol. The lowest BCUT2D eigenvalue weighted by Gasteiger charge is -2.36. The molecule has 6 heteroatoms. The minimum Gasteiger partial charge on any atom is -0.367 e. The highest BCUT2D eigenvalue weighted by molar-refractivity contribution is 6.33. The molecule has 1 heterocycles. The van der Waals surface area contributed by atoms with Gasteiger partial charge in [0.15, 0.2) is 0 Å². The molecule has 0 radical (unpaired) electrons. The summed E-state index contributed by atoms with van der Waals surface area (Å²) in [7, 11) is 0. The molecule has 0 aromatic heterocycles. The van der Waals surface area contributed by atoms with Crippen molar-refractivity contribution in [1.82, 2.24) is 10.2 Å². The molecule has 0 spiro atoms. The van der Waals surface area contributed by atoms with Crippen molar-refractivity contribution in [1.29, 1.82) is 0 Å². The lowest BCUT2D eigenvalue weighted by atomic mass is 10.2. The zero-order valence-corrected chi connectivity index (χ0v) is 14.0. The van der Waals surface area contributed by atoms with Gasteiger partial charge < -0.3 is 10.2 Å². The molecule has 1 fully saturated rings. The number of carbonyl (C=O) groups excluding carboxylic acids is 1. The van der Waals surface area contributed by atoms with Crippen molar-refractivity contribution in [2.75, 3.05) is 37.7 Å². The number of hydrogen-bond acceptors (Lipinski definition) is 3. The minimum absolute atomic E-state index is 0.183. The Bertz CT molecular complexity index is 717. The van der Waals surface area contributed by atoms with Crippen molar-refractivity contribution in [3.63, 3.8) is 0 Å². The number of carbonyl (C=O) groups is 1. The van der Waals surface area contributed by atoms with Crippen LogP contribution in [0.1, 0.15) is 10.4 Å². The normalized spacial score (nSPS) is 15.3. The Morgan fingerprint density at radius 1 is 1.04 bits per heavy atom. The summed E-state index contributed by atoms with van der Waals surface area (Å²) in [6.07, 6.45) is 0. The Morgan fingerprint density at radius 3 is 2.42 bits per heavy atom. The zero-order chi connectivity index (χ0) is 16.9. The van der Waals surface area contributed by atoms with Crippen molar-refractivity contribution < 1.29 is 9.18 Å². The molecule has 0 aliphatic carbocycles. The van der Waals surface area contributed by atoms with Gasteiger partial charge in [-0.05, 0) is 24.3 Å². The van der Waals surface area contributed by atoms with Crippen molar-refractivity contribution in [2.24, 2.45) is 0 Å². The number of benzene rings is 2. The van der Waals surface area contributed by atoms with Crippen LogP contribution in [0.4, 0.5) is 10.1 Å². The second-order valence-corrected chi connectivity index (χ2v) is 6.11. The van der Waals surface area contributed by atoms with Gasteiger partial charge in [0.2, 0.25) is 0 Å². The molecule has 1 N–H and O–H groups in total. The molecule has 1 aliphatic heterocycles. The first kappa shape index (κ1) is 16.7.